The molecule has 7 rings (SSSR count). The van der Waals surface area contributed by atoms with E-state index < -0.39 is 42.3 Å². The second-order valence-corrected chi connectivity index (χ2v) is 13.4. The molecule has 51 heavy (non-hydrogen) atoms. The van der Waals surface area contributed by atoms with Gasteiger partial charge in [0.1, 0.15) is 27.8 Å². The number of nitrogens with zero attached hydrogens (tertiary/aromatic N) is 3. The van der Waals surface area contributed by atoms with E-state index in [1.165, 1.54) is 44.6 Å². The number of pyridine rings is 1. The number of aromatic carboxylic acids is 1. The lowest BCUT2D eigenvalue weighted by Gasteiger charge is -2.44. The Morgan fingerprint density at radius 1 is 1.02 bits per heavy atom. The van der Waals surface area contributed by atoms with Crippen LogP contribution in [0.5, 0.6) is 11.5 Å². The summed E-state index contributed by atoms with van der Waals surface area (Å²) in [7, 11) is 2.87. The third kappa shape index (κ3) is 7.53. The first-order valence-electron chi connectivity index (χ1n) is 16.3. The van der Waals surface area contributed by atoms with Gasteiger partial charge in [0.25, 0.3) is 0 Å². The Kier molecular flexibility index (Phi) is 10.8. The number of rotatable bonds is 11. The van der Waals surface area contributed by atoms with E-state index in [0.717, 1.165) is 43.2 Å². The predicted molar refractivity (Wildman–Crippen MR) is 186 cm³/mol. The molecule has 0 aliphatic carbocycles. The molecule has 4 heterocycles. The summed E-state index contributed by atoms with van der Waals surface area (Å²) in [5.74, 6) is -3.35. The number of hydrogen-bond acceptors (Lipinski definition) is 7. The maximum absolute atomic E-state index is 17.2. The molecule has 14 heteroatoms. The molecule has 3 aromatic carbocycles. The molecule has 0 spiro atoms. The number of halogens is 4. The smallest absolute Gasteiger partial charge is 0.415 e. The number of carboxylic acid groups (broad SMARTS) is 1. The third-order valence-corrected chi connectivity index (χ3v) is 10.3. The summed E-state index contributed by atoms with van der Waals surface area (Å²) in [6.45, 7) is 1.90. The highest BCUT2D eigenvalue weighted by atomic mass is 35.5. The number of piperidine rings is 3. The molecule has 1 aromatic heterocycles. The standard InChI is InChI=1S/C37H35Cl2F2N3O7/c1-49-31-10-8-22(15-32(31)50-2)25(16-26-27(38)18-43(48)19-28(26)39)34-24(36(45)46)9-7-23(35(34)41)17-44(30-6-4-3-5-29(30)40)37(47)51-33-20-42-13-11-21(33)12-14-42/h3-10,15,18-19,21,25,33H,11-14,16-17,20H2,1-2H3,(H,45,46)/t25-,33-/m0/s1. The van der Waals surface area contributed by atoms with Gasteiger partial charge in [-0.3, -0.25) is 9.80 Å². The fraction of sp³-hybridized carbons (Fsp3) is 0.324. The molecule has 1 N–H and O–H groups in total. The summed E-state index contributed by atoms with van der Waals surface area (Å²) >= 11 is 12.9. The van der Waals surface area contributed by atoms with E-state index in [-0.39, 0.29) is 56.1 Å². The van der Waals surface area contributed by atoms with Crippen LogP contribution in [0.4, 0.5) is 19.3 Å². The Hall–Kier alpha value is -4.65. The van der Waals surface area contributed by atoms with Gasteiger partial charge in [0, 0.05) is 29.2 Å². The molecule has 268 valence electrons. The minimum absolute atomic E-state index is 0.0161. The van der Waals surface area contributed by atoms with E-state index in [1.54, 1.807) is 24.3 Å². The van der Waals surface area contributed by atoms with Gasteiger partial charge in [0.05, 0.1) is 32.0 Å². The van der Waals surface area contributed by atoms with Gasteiger partial charge in [-0.15, -0.1) is 0 Å². The van der Waals surface area contributed by atoms with Gasteiger partial charge < -0.3 is 24.5 Å². The molecule has 0 radical (unpaired) electrons. The second kappa shape index (κ2) is 15.3. The van der Waals surface area contributed by atoms with Crippen LogP contribution >= 0.6 is 23.2 Å². The summed E-state index contributed by atoms with van der Waals surface area (Å²) in [4.78, 5) is 29.8. The molecule has 0 saturated carbocycles. The summed E-state index contributed by atoms with van der Waals surface area (Å²) in [5, 5.41) is 22.4. The molecule has 3 saturated heterocycles. The minimum atomic E-state index is -1.42. The number of para-hydroxylation sites is 1. The highest BCUT2D eigenvalue weighted by molar-refractivity contribution is 6.35. The van der Waals surface area contributed by atoms with Crippen LogP contribution in [-0.4, -0.2) is 62.0 Å². The number of fused-ring (bicyclic) bond motifs is 3. The number of anilines is 1. The van der Waals surface area contributed by atoms with E-state index in [9.17, 15) is 19.9 Å². The Balaban J connectivity index is 1.47. The molecule has 3 aliphatic heterocycles. The monoisotopic (exact) mass is 741 g/mol. The number of methoxy groups -OCH3 is 2. The van der Waals surface area contributed by atoms with Gasteiger partial charge in [0.2, 0.25) is 0 Å². The SMILES string of the molecule is COc1ccc([C@H](Cc2c(Cl)c[n+]([O-])cc2Cl)c2c(C(=O)O)ccc(CN(C(=O)O[C@H]3CN4CCC3CC4)c3ccccc3F)c2F)cc1OC. The lowest BCUT2D eigenvalue weighted by atomic mass is 9.82. The first kappa shape index (κ1) is 36.2. The van der Waals surface area contributed by atoms with Crippen molar-refractivity contribution >= 4 is 41.0 Å². The Bertz CT molecular complexity index is 1930. The van der Waals surface area contributed by atoms with Gasteiger partial charge in [-0.25, -0.2) is 18.4 Å². The zero-order valence-corrected chi connectivity index (χ0v) is 29.3. The lowest BCUT2D eigenvalue weighted by molar-refractivity contribution is -0.605. The van der Waals surface area contributed by atoms with Crippen molar-refractivity contribution in [3.8, 4) is 11.5 Å². The number of benzene rings is 3. The van der Waals surface area contributed by atoms with Crippen LogP contribution in [0.15, 0.2) is 67.0 Å². The average molecular weight is 743 g/mol. The van der Waals surface area contributed by atoms with Crippen LogP contribution in [0.2, 0.25) is 10.0 Å². The molecule has 2 atom stereocenters. The first-order chi connectivity index (χ1) is 24.5. The number of hydrogen-bond donors (Lipinski definition) is 1. The fourth-order valence-electron chi connectivity index (χ4n) is 7.00. The zero-order chi connectivity index (χ0) is 36.4. The van der Waals surface area contributed by atoms with Crippen molar-refractivity contribution < 1.29 is 42.4 Å². The van der Waals surface area contributed by atoms with Crippen molar-refractivity contribution in [3.05, 3.63) is 122 Å². The van der Waals surface area contributed by atoms with Crippen LogP contribution in [0.25, 0.3) is 0 Å². The minimum Gasteiger partial charge on any atom is -0.619 e. The molecule has 1 amide bonds. The van der Waals surface area contributed by atoms with Gasteiger partial charge in [-0.2, -0.15) is 4.73 Å². The third-order valence-electron chi connectivity index (χ3n) is 9.66. The normalized spacial score (nSPS) is 18.6. The number of carbonyl (C=O) groups is 2. The van der Waals surface area contributed by atoms with E-state index in [0.29, 0.717) is 22.6 Å². The highest BCUT2D eigenvalue weighted by Gasteiger charge is 2.38. The van der Waals surface area contributed by atoms with Gasteiger partial charge in [0.15, 0.2) is 23.9 Å². The Morgan fingerprint density at radius 2 is 1.71 bits per heavy atom. The van der Waals surface area contributed by atoms with E-state index in [2.05, 4.69) is 4.90 Å². The summed E-state index contributed by atoms with van der Waals surface area (Å²) < 4.78 is 49.8. The number of amides is 1. The number of carbonyl (C=O) groups excluding carboxylic acids is 1. The van der Waals surface area contributed by atoms with Crippen molar-refractivity contribution in [3.63, 3.8) is 0 Å². The summed E-state index contributed by atoms with van der Waals surface area (Å²) in [6.07, 6.45) is 2.51. The summed E-state index contributed by atoms with van der Waals surface area (Å²) in [5.41, 5.74) is -0.178. The van der Waals surface area contributed by atoms with Crippen LogP contribution in [0, 0.1) is 22.8 Å². The second-order valence-electron chi connectivity index (χ2n) is 12.6. The van der Waals surface area contributed by atoms with Crippen molar-refractivity contribution in [2.45, 2.75) is 37.8 Å². The van der Waals surface area contributed by atoms with E-state index >= 15 is 8.78 Å². The number of carboxylic acids is 1. The highest BCUT2D eigenvalue weighted by Crippen LogP contribution is 2.41. The number of aromatic nitrogens is 1. The van der Waals surface area contributed by atoms with Crippen LogP contribution in [0.3, 0.4) is 0 Å². The van der Waals surface area contributed by atoms with Crippen LogP contribution in [-0.2, 0) is 17.7 Å². The van der Waals surface area contributed by atoms with Gasteiger partial charge in [-0.1, -0.05) is 47.5 Å². The fourth-order valence-corrected chi connectivity index (χ4v) is 7.60. The first-order valence-corrected chi connectivity index (χ1v) is 17.0. The van der Waals surface area contributed by atoms with Crippen molar-refractivity contribution in [1.82, 2.24) is 4.90 Å². The number of ether oxygens (including phenoxy) is 3. The van der Waals surface area contributed by atoms with Crippen molar-refractivity contribution in [1.29, 1.82) is 0 Å². The Morgan fingerprint density at radius 3 is 2.31 bits per heavy atom. The van der Waals surface area contributed by atoms with E-state index in [1.807, 2.05) is 0 Å². The molecule has 3 fully saturated rings. The zero-order valence-electron chi connectivity index (χ0n) is 27.8. The van der Waals surface area contributed by atoms with E-state index in [4.69, 9.17) is 37.4 Å². The lowest BCUT2D eigenvalue weighted by Crippen LogP contribution is -2.53. The molecular formula is C37H35Cl2F2N3O7. The molecule has 3 aliphatic rings. The molecular weight excluding hydrogens is 707 g/mol. The Labute approximate surface area is 303 Å². The molecule has 4 aromatic rings. The average Bonchev–Trinajstić information content (AvgIpc) is 3.11. The van der Waals surface area contributed by atoms with Gasteiger partial charge in [-0.05, 0) is 74.2 Å². The van der Waals surface area contributed by atoms with Gasteiger partial charge >= 0.3 is 12.1 Å². The van der Waals surface area contributed by atoms with Crippen LogP contribution < -0.4 is 19.1 Å². The largest absolute Gasteiger partial charge is 0.619 e. The van der Waals surface area contributed by atoms with Crippen LogP contribution in [0.1, 0.15) is 51.4 Å². The predicted octanol–water partition coefficient (Wildman–Crippen LogP) is 7.23. The molecule has 2 bridgehead atoms. The maximum Gasteiger partial charge on any atom is 0.415 e. The van der Waals surface area contributed by atoms with Crippen molar-refractivity contribution in [2.24, 2.45) is 5.92 Å². The molecule has 0 unspecified atom stereocenters. The topological polar surface area (TPSA) is 115 Å². The molecule has 10 nitrogen and oxygen atoms in total. The van der Waals surface area contributed by atoms with Crippen molar-refractivity contribution in [2.75, 3.05) is 38.8 Å². The summed E-state index contributed by atoms with van der Waals surface area (Å²) in [6, 6.07) is 12.9. The maximum atomic E-state index is 17.2. The quantitative estimate of drug-likeness (QED) is 0.127.